The van der Waals surface area contributed by atoms with Crippen molar-refractivity contribution in [2.24, 2.45) is 14.1 Å². The highest BCUT2D eigenvalue weighted by atomic mass is 19.1. The molecule has 0 saturated carbocycles. The summed E-state index contributed by atoms with van der Waals surface area (Å²) in [5, 5.41) is 8.71. The molecule has 1 aromatic heterocycles. The lowest BCUT2D eigenvalue weighted by atomic mass is 9.94. The minimum Gasteiger partial charge on any atom is -0.496 e. The highest BCUT2D eigenvalue weighted by Gasteiger charge is 2.22. The van der Waals surface area contributed by atoms with Crippen LogP contribution in [0.3, 0.4) is 0 Å². The van der Waals surface area contributed by atoms with Gasteiger partial charge in [0.15, 0.2) is 0 Å². The molecule has 10 nitrogen and oxygen atoms in total. The Kier molecular flexibility index (Phi) is 8.96. The molecule has 0 spiro atoms. The Labute approximate surface area is 257 Å². The van der Waals surface area contributed by atoms with Gasteiger partial charge >= 0.3 is 5.69 Å². The Balaban J connectivity index is 1.42. The van der Waals surface area contributed by atoms with Gasteiger partial charge in [-0.25, -0.2) is 13.6 Å². The van der Waals surface area contributed by atoms with E-state index in [2.05, 4.69) is 16.0 Å². The molecule has 1 atom stereocenters. The molecule has 1 saturated heterocycles. The number of nitrogens with one attached hydrogen (secondary N) is 3. The average molecular weight is 618 g/mol. The number of rotatable bonds is 9. The number of aromatic nitrogens is 2. The number of methoxy groups -OCH3 is 1. The van der Waals surface area contributed by atoms with Crippen LogP contribution in [-0.4, -0.2) is 40.6 Å². The molecule has 45 heavy (non-hydrogen) atoms. The molecule has 0 bridgehead atoms. The van der Waals surface area contributed by atoms with Crippen molar-refractivity contribution in [2.75, 3.05) is 19.0 Å². The second-order valence-corrected chi connectivity index (χ2v) is 11.0. The Morgan fingerprint density at radius 3 is 2.47 bits per heavy atom. The third kappa shape index (κ3) is 6.27. The van der Waals surface area contributed by atoms with Gasteiger partial charge in [0.2, 0.25) is 5.91 Å². The van der Waals surface area contributed by atoms with Crippen LogP contribution in [0, 0.1) is 18.6 Å². The molecule has 4 aromatic rings. The van der Waals surface area contributed by atoms with E-state index < -0.39 is 28.8 Å². The van der Waals surface area contributed by atoms with Crippen LogP contribution in [0.15, 0.2) is 64.3 Å². The number of carbonyl (C=O) groups excluding carboxylic acids is 2. The van der Waals surface area contributed by atoms with Gasteiger partial charge in [0.1, 0.15) is 22.9 Å². The van der Waals surface area contributed by atoms with Crippen molar-refractivity contribution in [1.82, 2.24) is 19.8 Å². The number of carbonyl (C=O) groups is 2. The normalized spacial score (nSPS) is 14.4. The van der Waals surface area contributed by atoms with E-state index in [1.807, 2.05) is 0 Å². The molecular weight excluding hydrogens is 584 g/mol. The summed E-state index contributed by atoms with van der Waals surface area (Å²) in [4.78, 5) is 49.1. The molecule has 1 fully saturated rings. The van der Waals surface area contributed by atoms with Gasteiger partial charge in [-0.1, -0.05) is 30.3 Å². The maximum atomic E-state index is 16.2. The van der Waals surface area contributed by atoms with Gasteiger partial charge in [0.05, 0.1) is 7.11 Å². The van der Waals surface area contributed by atoms with Crippen LogP contribution in [0.5, 0.6) is 5.75 Å². The number of ether oxygens (including phenoxy) is 1. The zero-order valence-electron chi connectivity index (χ0n) is 25.3. The lowest BCUT2D eigenvalue weighted by molar-refractivity contribution is -0.119. The van der Waals surface area contributed by atoms with Crippen LogP contribution in [0.2, 0.25) is 0 Å². The summed E-state index contributed by atoms with van der Waals surface area (Å²) in [7, 11) is 4.14. The second kappa shape index (κ2) is 12.9. The number of benzene rings is 3. The summed E-state index contributed by atoms with van der Waals surface area (Å²) in [5.74, 6) is -1.63. The fraction of sp³-hybridized carbons (Fsp3) is 0.273. The van der Waals surface area contributed by atoms with Crippen LogP contribution in [0.1, 0.15) is 34.3 Å². The molecule has 12 heteroatoms. The molecule has 3 aromatic carbocycles. The fourth-order valence-electron chi connectivity index (χ4n) is 5.50. The van der Waals surface area contributed by atoms with E-state index in [0.29, 0.717) is 36.2 Å². The number of hydrogen-bond donors (Lipinski definition) is 3. The zero-order valence-corrected chi connectivity index (χ0v) is 25.3. The maximum absolute atomic E-state index is 16.2. The predicted octanol–water partition coefficient (Wildman–Crippen LogP) is 3.63. The summed E-state index contributed by atoms with van der Waals surface area (Å²) in [6.45, 7) is 2.35. The van der Waals surface area contributed by atoms with Crippen molar-refractivity contribution in [2.45, 2.75) is 32.4 Å². The number of hydrogen-bond acceptors (Lipinski definition) is 6. The van der Waals surface area contributed by atoms with E-state index in [-0.39, 0.29) is 52.1 Å². The number of anilines is 1. The van der Waals surface area contributed by atoms with Gasteiger partial charge in [-0.05, 0) is 48.2 Å². The summed E-state index contributed by atoms with van der Waals surface area (Å²) in [6.07, 6.45) is 2.36. The van der Waals surface area contributed by atoms with Gasteiger partial charge in [-0.3, -0.25) is 19.0 Å². The lowest BCUT2D eigenvalue weighted by Crippen LogP contribution is -2.40. The van der Waals surface area contributed by atoms with E-state index in [1.165, 1.54) is 33.5 Å². The van der Waals surface area contributed by atoms with Crippen LogP contribution >= 0.6 is 0 Å². The number of aryl methyl sites for hydroxylation is 1. The highest BCUT2D eigenvalue weighted by Crippen LogP contribution is 2.37. The van der Waals surface area contributed by atoms with E-state index in [9.17, 15) is 19.2 Å². The molecule has 234 valence electrons. The lowest BCUT2D eigenvalue weighted by Gasteiger charge is -2.17. The fourth-order valence-corrected chi connectivity index (χ4v) is 5.50. The molecule has 1 aliphatic heterocycles. The highest BCUT2D eigenvalue weighted by molar-refractivity contribution is 6.04. The molecule has 5 rings (SSSR count). The Bertz CT molecular complexity index is 1930. The molecule has 0 unspecified atom stereocenters. The maximum Gasteiger partial charge on any atom is 0.330 e. The van der Waals surface area contributed by atoms with Crippen molar-refractivity contribution in [3.63, 3.8) is 0 Å². The van der Waals surface area contributed by atoms with Crippen molar-refractivity contribution in [3.05, 3.63) is 104 Å². The third-order valence-corrected chi connectivity index (χ3v) is 8.02. The van der Waals surface area contributed by atoms with Crippen molar-refractivity contribution < 1.29 is 23.1 Å². The molecule has 0 aliphatic carbocycles. The number of halogens is 2. The summed E-state index contributed by atoms with van der Waals surface area (Å²) >= 11 is 0. The topological polar surface area (TPSA) is 123 Å². The molecular formula is C33H33F2N5O5. The average Bonchev–Trinajstić information content (AvgIpc) is 3.44. The van der Waals surface area contributed by atoms with E-state index in [4.69, 9.17) is 4.74 Å². The SMILES string of the molecule is COc1cc(-c2cccc(-c3cccc(NC(=O)c4cn(C)c(=O)n(C)c4=O)c3C)c2F)cc(F)c1CNC[C@@H]1CCC(=O)N1. The Hall–Kier alpha value is -5.10. The number of nitrogens with zero attached hydrogens (tertiary/aromatic N) is 2. The quantitative estimate of drug-likeness (QED) is 0.264. The summed E-state index contributed by atoms with van der Waals surface area (Å²) < 4.78 is 39.0. The first kappa shape index (κ1) is 31.3. The summed E-state index contributed by atoms with van der Waals surface area (Å²) in [5.41, 5.74) is 0.776. The zero-order chi connectivity index (χ0) is 32.4. The summed E-state index contributed by atoms with van der Waals surface area (Å²) in [6, 6.07) is 12.6. The van der Waals surface area contributed by atoms with Gasteiger partial charge < -0.3 is 25.3 Å². The minimum atomic E-state index is -0.741. The Morgan fingerprint density at radius 2 is 1.76 bits per heavy atom. The minimum absolute atomic E-state index is 0.000709. The third-order valence-electron chi connectivity index (χ3n) is 8.02. The first-order valence-electron chi connectivity index (χ1n) is 14.3. The van der Waals surface area contributed by atoms with Crippen molar-refractivity contribution >= 4 is 17.5 Å². The monoisotopic (exact) mass is 617 g/mol. The van der Waals surface area contributed by atoms with Gasteiger partial charge in [0.25, 0.3) is 11.5 Å². The predicted molar refractivity (Wildman–Crippen MR) is 166 cm³/mol. The molecule has 2 amide bonds. The van der Waals surface area contributed by atoms with Crippen LogP contribution in [0.4, 0.5) is 14.5 Å². The molecule has 2 heterocycles. The van der Waals surface area contributed by atoms with Crippen LogP contribution in [0.25, 0.3) is 22.3 Å². The number of amides is 2. The standard InChI is InChI=1S/C33H33F2N5O5/c1-18-21(7-6-10-27(18)38-31(42)25-17-39(2)33(44)40(3)32(25)43)23-9-5-8-22(30(23)35)19-13-26(34)24(28(14-19)45-4)16-36-15-20-11-12-29(41)37-20/h5-10,13-14,17,20,36H,11-12,15-16H2,1-4H3,(H,37,41)(H,38,42)/t20-/m0/s1. The van der Waals surface area contributed by atoms with Crippen LogP contribution < -0.4 is 31.9 Å². The molecule has 3 N–H and O–H groups in total. The van der Waals surface area contributed by atoms with Crippen molar-refractivity contribution in [1.29, 1.82) is 0 Å². The smallest absolute Gasteiger partial charge is 0.330 e. The van der Waals surface area contributed by atoms with Gasteiger partial charge in [0, 0.05) is 68.2 Å². The van der Waals surface area contributed by atoms with E-state index in [1.54, 1.807) is 49.4 Å². The first-order chi connectivity index (χ1) is 21.5. The van der Waals surface area contributed by atoms with E-state index >= 15 is 8.78 Å². The molecule has 0 radical (unpaired) electrons. The largest absolute Gasteiger partial charge is 0.496 e. The second-order valence-electron chi connectivity index (χ2n) is 11.0. The first-order valence-corrected chi connectivity index (χ1v) is 14.3. The van der Waals surface area contributed by atoms with Gasteiger partial charge in [-0.2, -0.15) is 0 Å². The van der Waals surface area contributed by atoms with E-state index in [0.717, 1.165) is 9.13 Å². The van der Waals surface area contributed by atoms with Gasteiger partial charge in [-0.15, -0.1) is 0 Å². The Morgan fingerprint density at radius 1 is 1.04 bits per heavy atom. The van der Waals surface area contributed by atoms with Crippen LogP contribution in [-0.2, 0) is 25.4 Å². The molecule has 1 aliphatic rings. The van der Waals surface area contributed by atoms with Crippen molar-refractivity contribution in [3.8, 4) is 28.0 Å².